The van der Waals surface area contributed by atoms with Crippen LogP contribution < -0.4 is 10.1 Å². The zero-order valence-corrected chi connectivity index (χ0v) is 13.6. The number of rotatable bonds is 9. The van der Waals surface area contributed by atoms with Crippen molar-refractivity contribution < 1.29 is 4.74 Å². The van der Waals surface area contributed by atoms with Crippen LogP contribution in [0.25, 0.3) is 0 Å². The Hall–Kier alpha value is -1.06. The van der Waals surface area contributed by atoms with Crippen LogP contribution in [-0.2, 0) is 6.42 Å². The van der Waals surface area contributed by atoms with Crippen LogP contribution >= 0.6 is 0 Å². The van der Waals surface area contributed by atoms with Gasteiger partial charge in [-0.3, -0.25) is 0 Å². The van der Waals surface area contributed by atoms with Gasteiger partial charge < -0.3 is 15.0 Å². The first-order valence-corrected chi connectivity index (χ1v) is 7.57. The van der Waals surface area contributed by atoms with Crippen molar-refractivity contribution in [3.05, 3.63) is 29.8 Å². The molecule has 1 rings (SSSR count). The van der Waals surface area contributed by atoms with Crippen molar-refractivity contribution in [2.75, 3.05) is 33.8 Å². The second kappa shape index (κ2) is 8.98. The largest absolute Gasteiger partial charge is 0.496 e. The molecular weight excluding hydrogens is 248 g/mol. The lowest BCUT2D eigenvalue weighted by Crippen LogP contribution is -2.37. The van der Waals surface area contributed by atoms with Crippen LogP contribution in [0, 0.1) is 5.92 Å². The number of para-hydroxylation sites is 1. The van der Waals surface area contributed by atoms with Crippen molar-refractivity contribution >= 4 is 0 Å². The summed E-state index contributed by atoms with van der Waals surface area (Å²) in [5.74, 6) is 1.71. The molecule has 1 unspecified atom stereocenters. The van der Waals surface area contributed by atoms with E-state index in [1.54, 1.807) is 7.11 Å². The molecule has 0 aromatic heterocycles. The van der Waals surface area contributed by atoms with Crippen molar-refractivity contribution in [2.45, 2.75) is 33.2 Å². The van der Waals surface area contributed by atoms with E-state index in [1.807, 2.05) is 12.1 Å². The Balaban J connectivity index is 2.39. The number of benzene rings is 1. The maximum Gasteiger partial charge on any atom is 0.122 e. The van der Waals surface area contributed by atoms with Crippen LogP contribution in [0.4, 0.5) is 0 Å². The van der Waals surface area contributed by atoms with Crippen molar-refractivity contribution in [3.63, 3.8) is 0 Å². The van der Waals surface area contributed by atoms with Crippen molar-refractivity contribution in [1.29, 1.82) is 0 Å². The summed E-state index contributed by atoms with van der Waals surface area (Å²) in [5.41, 5.74) is 1.28. The van der Waals surface area contributed by atoms with E-state index in [1.165, 1.54) is 5.56 Å². The molecule has 0 aliphatic carbocycles. The standard InChI is InChI=1S/C17H30N2O/c1-14(2)13-18-10-11-19(4)15(3)12-16-8-6-7-9-17(16)20-5/h6-9,14-15,18H,10-13H2,1-5H3. The van der Waals surface area contributed by atoms with Gasteiger partial charge in [-0.1, -0.05) is 32.0 Å². The molecule has 1 aromatic carbocycles. The lowest BCUT2D eigenvalue weighted by atomic mass is 10.1. The SMILES string of the molecule is COc1ccccc1CC(C)N(C)CCNCC(C)C. The van der Waals surface area contributed by atoms with E-state index in [-0.39, 0.29) is 0 Å². The van der Waals surface area contributed by atoms with Gasteiger partial charge >= 0.3 is 0 Å². The minimum absolute atomic E-state index is 0.507. The Morgan fingerprint density at radius 2 is 1.90 bits per heavy atom. The summed E-state index contributed by atoms with van der Waals surface area (Å²) in [4.78, 5) is 2.40. The summed E-state index contributed by atoms with van der Waals surface area (Å²) < 4.78 is 5.42. The Morgan fingerprint density at radius 1 is 1.20 bits per heavy atom. The topological polar surface area (TPSA) is 24.5 Å². The molecule has 1 atom stereocenters. The molecule has 0 saturated carbocycles. The lowest BCUT2D eigenvalue weighted by Gasteiger charge is -2.25. The third-order valence-corrected chi connectivity index (χ3v) is 3.65. The number of methoxy groups -OCH3 is 1. The summed E-state index contributed by atoms with van der Waals surface area (Å²) in [6.45, 7) is 9.96. The fourth-order valence-corrected chi connectivity index (χ4v) is 2.21. The van der Waals surface area contributed by atoms with Gasteiger partial charge in [-0.05, 0) is 44.5 Å². The Morgan fingerprint density at radius 3 is 2.55 bits per heavy atom. The van der Waals surface area contributed by atoms with Crippen LogP contribution in [0.5, 0.6) is 5.75 Å². The predicted octanol–water partition coefficient (Wildman–Crippen LogP) is 2.80. The molecular formula is C17H30N2O. The number of ether oxygens (including phenoxy) is 1. The van der Waals surface area contributed by atoms with Crippen molar-refractivity contribution in [1.82, 2.24) is 10.2 Å². The highest BCUT2D eigenvalue weighted by Crippen LogP contribution is 2.19. The minimum atomic E-state index is 0.507. The summed E-state index contributed by atoms with van der Waals surface area (Å²) >= 11 is 0. The van der Waals surface area contributed by atoms with Crippen LogP contribution in [0.1, 0.15) is 26.3 Å². The third-order valence-electron chi connectivity index (χ3n) is 3.65. The first-order chi connectivity index (χ1) is 9.54. The number of hydrogen-bond acceptors (Lipinski definition) is 3. The lowest BCUT2D eigenvalue weighted by molar-refractivity contribution is 0.253. The maximum absolute atomic E-state index is 5.42. The molecule has 0 aliphatic heterocycles. The molecule has 3 nitrogen and oxygen atoms in total. The molecule has 0 radical (unpaired) electrons. The van der Waals surface area contributed by atoms with Crippen LogP contribution in [0.3, 0.4) is 0 Å². The van der Waals surface area contributed by atoms with Gasteiger partial charge in [0, 0.05) is 19.1 Å². The van der Waals surface area contributed by atoms with Gasteiger partial charge in [-0.2, -0.15) is 0 Å². The van der Waals surface area contributed by atoms with Crippen LogP contribution in [0.15, 0.2) is 24.3 Å². The van der Waals surface area contributed by atoms with Crippen LogP contribution in [0.2, 0.25) is 0 Å². The molecule has 20 heavy (non-hydrogen) atoms. The van der Waals surface area contributed by atoms with Crippen molar-refractivity contribution in [3.8, 4) is 5.75 Å². The first kappa shape index (κ1) is 17.0. The van der Waals surface area contributed by atoms with E-state index in [2.05, 4.69) is 50.2 Å². The molecule has 0 aliphatic rings. The summed E-state index contributed by atoms with van der Waals surface area (Å²) in [6, 6.07) is 8.79. The van der Waals surface area contributed by atoms with Gasteiger partial charge in [-0.25, -0.2) is 0 Å². The van der Waals surface area contributed by atoms with Gasteiger partial charge in [-0.15, -0.1) is 0 Å². The van der Waals surface area contributed by atoms with Gasteiger partial charge in [0.25, 0.3) is 0 Å². The second-order valence-corrected chi connectivity index (χ2v) is 5.94. The highest BCUT2D eigenvalue weighted by Gasteiger charge is 2.12. The summed E-state index contributed by atoms with van der Waals surface area (Å²) in [6.07, 6.45) is 1.02. The Kier molecular flexibility index (Phi) is 7.63. The number of hydrogen-bond donors (Lipinski definition) is 1. The maximum atomic E-state index is 5.42. The molecule has 0 saturated heterocycles. The fourth-order valence-electron chi connectivity index (χ4n) is 2.21. The van der Waals surface area contributed by atoms with Gasteiger partial charge in [0.15, 0.2) is 0 Å². The van der Waals surface area contributed by atoms with Gasteiger partial charge in [0.05, 0.1) is 7.11 Å². The van der Waals surface area contributed by atoms with Gasteiger partial charge in [0.1, 0.15) is 5.75 Å². The monoisotopic (exact) mass is 278 g/mol. The Labute approximate surface area is 124 Å². The molecule has 114 valence electrons. The minimum Gasteiger partial charge on any atom is -0.496 e. The first-order valence-electron chi connectivity index (χ1n) is 7.57. The molecule has 3 heteroatoms. The molecule has 0 spiro atoms. The van der Waals surface area contributed by atoms with Crippen LogP contribution in [-0.4, -0.2) is 44.7 Å². The van der Waals surface area contributed by atoms with E-state index >= 15 is 0 Å². The van der Waals surface area contributed by atoms with E-state index in [0.717, 1.165) is 31.8 Å². The highest BCUT2D eigenvalue weighted by molar-refractivity contribution is 5.33. The zero-order chi connectivity index (χ0) is 15.0. The number of nitrogens with one attached hydrogen (secondary N) is 1. The van der Waals surface area contributed by atoms with Gasteiger partial charge in [0.2, 0.25) is 0 Å². The smallest absolute Gasteiger partial charge is 0.122 e. The molecule has 1 aromatic rings. The molecule has 0 amide bonds. The average molecular weight is 278 g/mol. The summed E-state index contributed by atoms with van der Waals surface area (Å²) in [5, 5.41) is 3.49. The summed E-state index contributed by atoms with van der Waals surface area (Å²) in [7, 11) is 3.93. The van der Waals surface area contributed by atoms with E-state index in [9.17, 15) is 0 Å². The third kappa shape index (κ3) is 5.93. The normalized spacial score (nSPS) is 12.9. The van der Waals surface area contributed by atoms with Crippen molar-refractivity contribution in [2.24, 2.45) is 5.92 Å². The molecule has 0 fully saturated rings. The molecule has 0 heterocycles. The number of likely N-dealkylation sites (N-methyl/N-ethyl adjacent to an activating group) is 1. The molecule has 0 bridgehead atoms. The molecule has 1 N–H and O–H groups in total. The predicted molar refractivity (Wildman–Crippen MR) is 86.5 cm³/mol. The zero-order valence-electron chi connectivity index (χ0n) is 13.6. The fraction of sp³-hybridized carbons (Fsp3) is 0.647. The number of nitrogens with zero attached hydrogens (tertiary/aromatic N) is 1. The van der Waals surface area contributed by atoms with E-state index in [0.29, 0.717) is 12.0 Å². The average Bonchev–Trinajstić information content (AvgIpc) is 2.43. The van der Waals surface area contributed by atoms with E-state index in [4.69, 9.17) is 4.74 Å². The Bertz CT molecular complexity index is 379. The quantitative estimate of drug-likeness (QED) is 0.703. The highest BCUT2D eigenvalue weighted by atomic mass is 16.5. The second-order valence-electron chi connectivity index (χ2n) is 5.94. The van der Waals surface area contributed by atoms with E-state index < -0.39 is 0 Å².